The molecule has 5 rings (SSSR count). The molecule has 0 radical (unpaired) electrons. The second-order valence-corrected chi connectivity index (χ2v) is 9.72. The van der Waals surface area contributed by atoms with E-state index in [4.69, 9.17) is 4.98 Å². The molecule has 42 heavy (non-hydrogen) atoms. The van der Waals surface area contributed by atoms with Gasteiger partial charge in [-0.15, -0.1) is 0 Å². The van der Waals surface area contributed by atoms with Crippen LogP contribution in [0.1, 0.15) is 41.0 Å². The lowest BCUT2D eigenvalue weighted by Gasteiger charge is -2.31. The molecule has 0 bridgehead atoms. The lowest BCUT2D eigenvalue weighted by Crippen LogP contribution is -2.38. The fourth-order valence-corrected chi connectivity index (χ4v) is 4.72. The highest BCUT2D eigenvalue weighted by Crippen LogP contribution is 2.30. The summed E-state index contributed by atoms with van der Waals surface area (Å²) >= 11 is 0. The summed E-state index contributed by atoms with van der Waals surface area (Å²) in [6.45, 7) is 1.86. The highest BCUT2D eigenvalue weighted by atomic mass is 19.4. The minimum Gasteiger partial charge on any atom is -0.328 e. The zero-order valence-corrected chi connectivity index (χ0v) is 22.4. The minimum absolute atomic E-state index is 0.116. The van der Waals surface area contributed by atoms with Crippen LogP contribution < -0.4 is 5.56 Å². The molecule has 0 aliphatic carbocycles. The average molecular weight is 568 g/mol. The molecule has 2 heterocycles. The number of hydrogen-bond donors (Lipinski definition) is 0. The van der Waals surface area contributed by atoms with E-state index in [9.17, 15) is 28.0 Å². The fourth-order valence-electron chi connectivity index (χ4n) is 4.72. The summed E-state index contributed by atoms with van der Waals surface area (Å²) in [4.78, 5) is 38.1. The third kappa shape index (κ3) is 5.90. The minimum atomic E-state index is -4.49. The Morgan fingerprint density at radius 1 is 0.976 bits per heavy atom. The first kappa shape index (κ1) is 28.2. The Morgan fingerprint density at radius 2 is 1.69 bits per heavy atom. The van der Waals surface area contributed by atoms with Crippen LogP contribution in [0.5, 0.6) is 0 Å². The van der Waals surface area contributed by atoms with Crippen molar-refractivity contribution in [3.05, 3.63) is 136 Å². The molecule has 10 heteroatoms. The SMILES string of the molecule is C[C@H](c1nc2ccccc2c(=O)n1-c1ccc(C#N)cc1)N(Cc1cccnc1)C(=O)Cc1ccc(C(F)(F)F)cc1. The maximum Gasteiger partial charge on any atom is 0.416 e. The number of alkyl halides is 3. The molecular formula is C32H24F3N5O2. The number of nitrogens with zero attached hydrogens (tertiary/aromatic N) is 5. The first-order valence-corrected chi connectivity index (χ1v) is 13.0. The second kappa shape index (κ2) is 11.7. The highest BCUT2D eigenvalue weighted by Gasteiger charge is 2.31. The first-order valence-electron chi connectivity index (χ1n) is 13.0. The molecule has 210 valence electrons. The highest BCUT2D eigenvalue weighted by molar-refractivity contribution is 5.80. The number of hydrogen-bond acceptors (Lipinski definition) is 5. The van der Waals surface area contributed by atoms with E-state index >= 15 is 0 Å². The Bertz CT molecular complexity index is 1830. The van der Waals surface area contributed by atoms with Gasteiger partial charge >= 0.3 is 6.18 Å². The van der Waals surface area contributed by atoms with E-state index in [1.807, 2.05) is 0 Å². The van der Waals surface area contributed by atoms with Gasteiger partial charge in [-0.25, -0.2) is 4.98 Å². The van der Waals surface area contributed by atoms with Crippen LogP contribution in [0, 0.1) is 11.3 Å². The normalized spacial score (nSPS) is 12.1. The molecule has 0 aliphatic rings. The largest absolute Gasteiger partial charge is 0.416 e. The van der Waals surface area contributed by atoms with E-state index in [1.165, 1.54) is 21.6 Å². The van der Waals surface area contributed by atoms with Gasteiger partial charge in [-0.2, -0.15) is 18.4 Å². The van der Waals surface area contributed by atoms with Crippen LogP contribution >= 0.6 is 0 Å². The van der Waals surface area contributed by atoms with Crippen LogP contribution in [0.25, 0.3) is 16.6 Å². The number of benzene rings is 3. The summed E-state index contributed by atoms with van der Waals surface area (Å²) in [6.07, 6.45) is -1.43. The number of carbonyl (C=O) groups excluding carboxylic acids is 1. The van der Waals surface area contributed by atoms with Gasteiger partial charge in [0.2, 0.25) is 5.91 Å². The van der Waals surface area contributed by atoms with Crippen molar-refractivity contribution in [2.45, 2.75) is 32.1 Å². The average Bonchev–Trinajstić information content (AvgIpc) is 3.00. The van der Waals surface area contributed by atoms with Crippen molar-refractivity contribution in [3.63, 3.8) is 0 Å². The van der Waals surface area contributed by atoms with Crippen molar-refractivity contribution < 1.29 is 18.0 Å². The van der Waals surface area contributed by atoms with Crippen molar-refractivity contribution >= 4 is 16.8 Å². The number of fused-ring (bicyclic) bond motifs is 1. The van der Waals surface area contributed by atoms with Crippen LogP contribution in [0.15, 0.2) is 102 Å². The maximum atomic E-state index is 13.8. The second-order valence-electron chi connectivity index (χ2n) is 9.72. The molecule has 0 unspecified atom stereocenters. The van der Waals surface area contributed by atoms with Gasteiger partial charge in [-0.1, -0.05) is 30.3 Å². The van der Waals surface area contributed by atoms with Gasteiger partial charge < -0.3 is 4.90 Å². The Labute approximate surface area is 239 Å². The van der Waals surface area contributed by atoms with Gasteiger partial charge in [-0.05, 0) is 72.6 Å². The fraction of sp³-hybridized carbons (Fsp3) is 0.156. The quantitative estimate of drug-likeness (QED) is 0.240. The molecule has 2 aromatic heterocycles. The van der Waals surface area contributed by atoms with E-state index in [-0.39, 0.29) is 30.3 Å². The molecule has 0 saturated heterocycles. The van der Waals surface area contributed by atoms with Gasteiger partial charge in [-0.3, -0.25) is 19.1 Å². The summed E-state index contributed by atoms with van der Waals surface area (Å²) in [5.74, 6) is -0.0898. The number of nitriles is 1. The van der Waals surface area contributed by atoms with Crippen LogP contribution in [-0.4, -0.2) is 25.3 Å². The van der Waals surface area contributed by atoms with Crippen LogP contribution in [0.3, 0.4) is 0 Å². The van der Waals surface area contributed by atoms with Crippen LogP contribution in [0.2, 0.25) is 0 Å². The first-order chi connectivity index (χ1) is 20.2. The van der Waals surface area contributed by atoms with Crippen molar-refractivity contribution in [1.82, 2.24) is 19.4 Å². The third-order valence-corrected chi connectivity index (χ3v) is 6.93. The topological polar surface area (TPSA) is 91.9 Å². The van der Waals surface area contributed by atoms with Gasteiger partial charge in [0.25, 0.3) is 5.56 Å². The molecule has 3 aromatic carbocycles. The van der Waals surface area contributed by atoms with E-state index < -0.39 is 17.8 Å². The smallest absolute Gasteiger partial charge is 0.328 e. The van der Waals surface area contributed by atoms with E-state index in [1.54, 1.807) is 80.0 Å². The number of halogens is 3. The summed E-state index contributed by atoms with van der Waals surface area (Å²) in [7, 11) is 0. The number of carbonyl (C=O) groups is 1. The van der Waals surface area contributed by atoms with Crippen molar-refractivity contribution in [2.24, 2.45) is 0 Å². The Kier molecular flexibility index (Phi) is 7.84. The Balaban J connectivity index is 1.60. The predicted molar refractivity (Wildman–Crippen MR) is 150 cm³/mol. The van der Waals surface area contributed by atoms with E-state index in [2.05, 4.69) is 11.1 Å². The zero-order valence-electron chi connectivity index (χ0n) is 22.4. The van der Waals surface area contributed by atoms with Crippen LogP contribution in [-0.2, 0) is 23.9 Å². The number of para-hydroxylation sites is 1. The summed E-state index contributed by atoms with van der Waals surface area (Å²) in [5.41, 5.74) is 1.32. The number of amides is 1. The lowest BCUT2D eigenvalue weighted by atomic mass is 10.1. The van der Waals surface area contributed by atoms with E-state index in [0.717, 1.165) is 17.7 Å². The lowest BCUT2D eigenvalue weighted by molar-refractivity contribution is -0.137. The molecule has 0 saturated carbocycles. The molecule has 1 amide bonds. The Morgan fingerprint density at radius 3 is 2.33 bits per heavy atom. The summed E-state index contributed by atoms with van der Waals surface area (Å²) < 4.78 is 40.7. The number of pyridine rings is 1. The molecular weight excluding hydrogens is 543 g/mol. The van der Waals surface area contributed by atoms with Gasteiger partial charge in [0.1, 0.15) is 5.82 Å². The molecule has 0 aliphatic heterocycles. The van der Waals surface area contributed by atoms with Crippen molar-refractivity contribution in [1.29, 1.82) is 5.26 Å². The summed E-state index contributed by atoms with van der Waals surface area (Å²) in [6, 6.07) is 22.7. The summed E-state index contributed by atoms with van der Waals surface area (Å²) in [5, 5.41) is 9.63. The molecule has 1 atom stereocenters. The van der Waals surface area contributed by atoms with Gasteiger partial charge in [0.15, 0.2) is 0 Å². The number of rotatable bonds is 7. The maximum absolute atomic E-state index is 13.8. The van der Waals surface area contributed by atoms with Gasteiger partial charge in [0, 0.05) is 18.9 Å². The third-order valence-electron chi connectivity index (χ3n) is 6.93. The zero-order chi connectivity index (χ0) is 29.9. The Hall–Kier alpha value is -5.30. The van der Waals surface area contributed by atoms with Crippen molar-refractivity contribution in [3.8, 4) is 11.8 Å². The monoisotopic (exact) mass is 567 g/mol. The molecule has 0 N–H and O–H groups in total. The molecule has 0 fully saturated rings. The molecule has 5 aromatic rings. The molecule has 0 spiro atoms. The van der Waals surface area contributed by atoms with E-state index in [0.29, 0.717) is 27.7 Å². The standard InChI is InChI=1S/C32H24F3N5O2/c1-21(30-38-28-7-3-2-6-27(28)31(42)40(30)26-14-10-23(18-36)11-15-26)39(20-24-5-4-16-37-19-24)29(41)17-22-8-12-25(13-9-22)32(33,34)35/h2-16,19,21H,17,20H2,1H3/t21-/m1/s1. The number of aromatic nitrogens is 3. The predicted octanol–water partition coefficient (Wildman–Crippen LogP) is 6.00. The van der Waals surface area contributed by atoms with Crippen LogP contribution in [0.4, 0.5) is 13.2 Å². The molecule has 7 nitrogen and oxygen atoms in total. The van der Waals surface area contributed by atoms with Crippen molar-refractivity contribution in [2.75, 3.05) is 0 Å². The van der Waals surface area contributed by atoms with Gasteiger partial charge in [0.05, 0.1) is 46.2 Å².